The van der Waals surface area contributed by atoms with Crippen LogP contribution in [0, 0.1) is 11.3 Å². The molecule has 1 N–H and O–H groups in total. The quantitative estimate of drug-likeness (QED) is 0.917. The molecule has 0 aliphatic heterocycles. The van der Waals surface area contributed by atoms with Gasteiger partial charge in [0.25, 0.3) is 0 Å². The first-order valence-corrected chi connectivity index (χ1v) is 5.60. The number of hydrogen-bond acceptors (Lipinski definition) is 5. The Morgan fingerprint density at radius 3 is 2.80 bits per heavy atom. The predicted molar refractivity (Wildman–Crippen MR) is 69.0 cm³/mol. The van der Waals surface area contributed by atoms with Crippen LogP contribution in [0.4, 0.5) is 0 Å². The minimum absolute atomic E-state index is 0.0477. The number of aromatic carboxylic acids is 1. The molecule has 1 aromatic carbocycles. The second-order valence-electron chi connectivity index (χ2n) is 3.74. The third-order valence-corrected chi connectivity index (χ3v) is 2.47. The van der Waals surface area contributed by atoms with Crippen molar-refractivity contribution in [1.29, 1.82) is 5.26 Å². The molecular formula is C14H10N2O4. The first kappa shape index (κ1) is 13.4. The van der Waals surface area contributed by atoms with Crippen molar-refractivity contribution in [3.63, 3.8) is 0 Å². The van der Waals surface area contributed by atoms with Gasteiger partial charge in [0.2, 0.25) is 5.88 Å². The average Bonchev–Trinajstić information content (AvgIpc) is 2.47. The summed E-state index contributed by atoms with van der Waals surface area (Å²) in [5.41, 5.74) is 0.140. The Hall–Kier alpha value is -3.07. The van der Waals surface area contributed by atoms with Crippen molar-refractivity contribution in [2.75, 3.05) is 7.11 Å². The molecule has 0 radical (unpaired) electrons. The molecule has 0 aliphatic carbocycles. The fourth-order valence-corrected chi connectivity index (χ4v) is 1.54. The van der Waals surface area contributed by atoms with Crippen molar-refractivity contribution in [2.24, 2.45) is 0 Å². The van der Waals surface area contributed by atoms with Crippen LogP contribution in [0.3, 0.4) is 0 Å². The average molecular weight is 270 g/mol. The molecule has 20 heavy (non-hydrogen) atoms. The number of rotatable bonds is 4. The molecule has 0 amide bonds. The van der Waals surface area contributed by atoms with Crippen LogP contribution in [-0.4, -0.2) is 23.2 Å². The van der Waals surface area contributed by atoms with Crippen LogP contribution < -0.4 is 9.47 Å². The molecule has 0 unspecified atom stereocenters. The van der Waals surface area contributed by atoms with E-state index in [-0.39, 0.29) is 22.9 Å². The molecule has 0 atom stereocenters. The van der Waals surface area contributed by atoms with E-state index >= 15 is 0 Å². The summed E-state index contributed by atoms with van der Waals surface area (Å²) >= 11 is 0. The van der Waals surface area contributed by atoms with Gasteiger partial charge in [0, 0.05) is 6.07 Å². The monoisotopic (exact) mass is 270 g/mol. The van der Waals surface area contributed by atoms with E-state index in [2.05, 4.69) is 4.98 Å². The van der Waals surface area contributed by atoms with Gasteiger partial charge in [0.1, 0.15) is 28.8 Å². The Morgan fingerprint density at radius 1 is 1.35 bits per heavy atom. The molecule has 0 fully saturated rings. The predicted octanol–water partition coefficient (Wildman–Crippen LogP) is 2.45. The second-order valence-corrected chi connectivity index (χ2v) is 3.74. The van der Waals surface area contributed by atoms with E-state index in [0.717, 1.165) is 0 Å². The number of hydrogen-bond donors (Lipinski definition) is 1. The van der Waals surface area contributed by atoms with Gasteiger partial charge < -0.3 is 14.6 Å². The van der Waals surface area contributed by atoms with Crippen LogP contribution in [0.25, 0.3) is 0 Å². The molecule has 2 rings (SSSR count). The molecule has 1 aromatic heterocycles. The molecule has 0 aliphatic rings. The molecule has 0 saturated carbocycles. The van der Waals surface area contributed by atoms with Crippen molar-refractivity contribution in [3.8, 4) is 23.4 Å². The number of pyridine rings is 1. The summed E-state index contributed by atoms with van der Waals surface area (Å²) in [4.78, 5) is 15.1. The molecule has 0 saturated heterocycles. The van der Waals surface area contributed by atoms with Gasteiger partial charge >= 0.3 is 5.97 Å². The number of aromatic nitrogens is 1. The summed E-state index contributed by atoms with van der Waals surface area (Å²) in [6.45, 7) is 0. The summed E-state index contributed by atoms with van der Waals surface area (Å²) in [6, 6.07) is 11.0. The highest BCUT2D eigenvalue weighted by Crippen LogP contribution is 2.28. The lowest BCUT2D eigenvalue weighted by atomic mass is 10.2. The minimum Gasteiger partial charge on any atom is -0.497 e. The maximum Gasteiger partial charge on any atom is 0.339 e. The fourth-order valence-electron chi connectivity index (χ4n) is 1.54. The number of methoxy groups -OCH3 is 1. The SMILES string of the molecule is COc1ccc(Oc2cccc(C#N)n2)c(C(=O)O)c1. The highest BCUT2D eigenvalue weighted by Gasteiger charge is 2.14. The molecule has 6 nitrogen and oxygen atoms in total. The number of benzene rings is 1. The van der Waals surface area contributed by atoms with Crippen molar-refractivity contribution >= 4 is 5.97 Å². The first-order valence-electron chi connectivity index (χ1n) is 5.60. The zero-order chi connectivity index (χ0) is 14.5. The fraction of sp³-hybridized carbons (Fsp3) is 0.0714. The van der Waals surface area contributed by atoms with E-state index in [4.69, 9.17) is 19.8 Å². The van der Waals surface area contributed by atoms with Crippen molar-refractivity contribution < 1.29 is 19.4 Å². The summed E-state index contributed by atoms with van der Waals surface area (Å²) < 4.78 is 10.4. The van der Waals surface area contributed by atoms with Gasteiger partial charge in [-0.15, -0.1) is 0 Å². The lowest BCUT2D eigenvalue weighted by molar-refractivity contribution is 0.0693. The molecule has 100 valence electrons. The molecule has 2 aromatic rings. The first-order chi connectivity index (χ1) is 9.63. The van der Waals surface area contributed by atoms with Crippen LogP contribution in [-0.2, 0) is 0 Å². The highest BCUT2D eigenvalue weighted by atomic mass is 16.5. The lowest BCUT2D eigenvalue weighted by Crippen LogP contribution is -2.01. The molecule has 1 heterocycles. The van der Waals surface area contributed by atoms with E-state index < -0.39 is 5.97 Å². The normalized spacial score (nSPS) is 9.60. The molecular weight excluding hydrogens is 260 g/mol. The number of carboxylic acids is 1. The van der Waals surface area contributed by atoms with E-state index in [9.17, 15) is 4.79 Å². The van der Waals surface area contributed by atoms with Crippen molar-refractivity contribution in [1.82, 2.24) is 4.98 Å². The number of ether oxygens (including phenoxy) is 2. The van der Waals surface area contributed by atoms with Crippen LogP contribution >= 0.6 is 0 Å². The van der Waals surface area contributed by atoms with Crippen LogP contribution in [0.2, 0.25) is 0 Å². The van der Waals surface area contributed by atoms with Gasteiger partial charge in [-0.2, -0.15) is 5.26 Å². The summed E-state index contributed by atoms with van der Waals surface area (Å²) in [6.07, 6.45) is 0. The third kappa shape index (κ3) is 2.84. The summed E-state index contributed by atoms with van der Waals surface area (Å²) in [5, 5.41) is 17.9. The Morgan fingerprint density at radius 2 is 2.15 bits per heavy atom. The van der Waals surface area contributed by atoms with Gasteiger partial charge in [0.05, 0.1) is 7.11 Å². The van der Waals surface area contributed by atoms with Crippen molar-refractivity contribution in [3.05, 3.63) is 47.7 Å². The lowest BCUT2D eigenvalue weighted by Gasteiger charge is -2.09. The van der Waals surface area contributed by atoms with Gasteiger partial charge in [-0.1, -0.05) is 6.07 Å². The van der Waals surface area contributed by atoms with Gasteiger partial charge in [-0.25, -0.2) is 9.78 Å². The molecule has 0 spiro atoms. The maximum absolute atomic E-state index is 11.2. The highest BCUT2D eigenvalue weighted by molar-refractivity contribution is 5.91. The zero-order valence-electron chi connectivity index (χ0n) is 10.5. The smallest absolute Gasteiger partial charge is 0.339 e. The van der Waals surface area contributed by atoms with Crippen LogP contribution in [0.1, 0.15) is 16.1 Å². The van der Waals surface area contributed by atoms with Gasteiger partial charge in [-0.05, 0) is 24.3 Å². The van der Waals surface area contributed by atoms with E-state index in [1.807, 2.05) is 6.07 Å². The Balaban J connectivity index is 2.37. The van der Waals surface area contributed by atoms with Gasteiger partial charge in [-0.3, -0.25) is 0 Å². The number of nitriles is 1. The van der Waals surface area contributed by atoms with E-state index in [1.54, 1.807) is 12.1 Å². The standard InChI is InChI=1S/C14H10N2O4/c1-19-10-5-6-12(11(7-10)14(17)18)20-13-4-2-3-9(8-15)16-13/h2-7H,1H3,(H,17,18). The van der Waals surface area contributed by atoms with E-state index in [0.29, 0.717) is 5.75 Å². The largest absolute Gasteiger partial charge is 0.497 e. The number of nitrogens with zero attached hydrogens (tertiary/aromatic N) is 2. The maximum atomic E-state index is 11.2. The van der Waals surface area contributed by atoms with E-state index in [1.165, 1.54) is 31.4 Å². The minimum atomic E-state index is -1.14. The Labute approximate surface area is 114 Å². The second kappa shape index (κ2) is 5.71. The topological polar surface area (TPSA) is 92.4 Å². The van der Waals surface area contributed by atoms with Gasteiger partial charge in [0.15, 0.2) is 0 Å². The Bertz CT molecular complexity index is 692. The van der Waals surface area contributed by atoms with Crippen LogP contribution in [0.15, 0.2) is 36.4 Å². The zero-order valence-corrected chi connectivity index (χ0v) is 10.5. The number of carbonyl (C=O) groups is 1. The van der Waals surface area contributed by atoms with Crippen molar-refractivity contribution in [2.45, 2.75) is 0 Å². The summed E-state index contributed by atoms with van der Waals surface area (Å²) in [7, 11) is 1.44. The molecule has 6 heteroatoms. The third-order valence-electron chi connectivity index (χ3n) is 2.47. The van der Waals surface area contributed by atoms with Crippen LogP contribution in [0.5, 0.6) is 17.4 Å². The summed E-state index contributed by atoms with van der Waals surface area (Å²) in [5.74, 6) is -0.457. The molecule has 0 bridgehead atoms. The number of carboxylic acid groups (broad SMARTS) is 1. The Kier molecular flexibility index (Phi) is 3.82.